The molecule has 2 heterocycles. The Kier molecular flexibility index (Phi) is 3.21. The third kappa shape index (κ3) is 2.40. The van der Waals surface area contributed by atoms with Crippen molar-refractivity contribution in [3.63, 3.8) is 0 Å². The minimum Gasteiger partial charge on any atom is -0.480 e. The Balaban J connectivity index is 2.09. The SMILES string of the molecule is O=C(O)C1CN(c2ccc(Cl)nn2)CCN1. The molecule has 1 unspecified atom stereocenters. The summed E-state index contributed by atoms with van der Waals surface area (Å²) in [6, 6.07) is 2.81. The third-order valence-corrected chi connectivity index (χ3v) is 2.62. The molecule has 1 saturated heterocycles. The van der Waals surface area contributed by atoms with Crippen LogP contribution in [0, 0.1) is 0 Å². The number of anilines is 1. The molecule has 1 aliphatic rings. The van der Waals surface area contributed by atoms with Crippen molar-refractivity contribution in [2.24, 2.45) is 0 Å². The van der Waals surface area contributed by atoms with Gasteiger partial charge in [-0.1, -0.05) is 11.6 Å². The maximum Gasteiger partial charge on any atom is 0.322 e. The van der Waals surface area contributed by atoms with E-state index in [9.17, 15) is 4.79 Å². The van der Waals surface area contributed by atoms with Crippen molar-refractivity contribution in [1.29, 1.82) is 0 Å². The fraction of sp³-hybridized carbons (Fsp3) is 0.444. The molecule has 0 amide bonds. The second kappa shape index (κ2) is 4.63. The maximum absolute atomic E-state index is 10.8. The largest absolute Gasteiger partial charge is 0.480 e. The number of aliphatic carboxylic acids is 1. The average molecular weight is 243 g/mol. The molecule has 1 aromatic rings. The topological polar surface area (TPSA) is 78.3 Å². The number of hydrogen-bond acceptors (Lipinski definition) is 5. The lowest BCUT2D eigenvalue weighted by atomic mass is 10.2. The Bertz CT molecular complexity index is 384. The van der Waals surface area contributed by atoms with Crippen LogP contribution < -0.4 is 10.2 Å². The molecule has 7 heteroatoms. The van der Waals surface area contributed by atoms with Crippen LogP contribution in [0.1, 0.15) is 0 Å². The van der Waals surface area contributed by atoms with E-state index in [2.05, 4.69) is 15.5 Å². The van der Waals surface area contributed by atoms with E-state index in [-0.39, 0.29) is 0 Å². The second-order valence-corrected chi connectivity index (χ2v) is 3.89. The zero-order valence-corrected chi connectivity index (χ0v) is 9.18. The van der Waals surface area contributed by atoms with Gasteiger partial charge in [0.2, 0.25) is 0 Å². The Morgan fingerprint density at radius 3 is 3.00 bits per heavy atom. The number of carbonyl (C=O) groups is 1. The van der Waals surface area contributed by atoms with E-state index >= 15 is 0 Å². The van der Waals surface area contributed by atoms with Crippen LogP contribution in [0.2, 0.25) is 5.15 Å². The maximum atomic E-state index is 10.8. The van der Waals surface area contributed by atoms with Gasteiger partial charge in [0.15, 0.2) is 11.0 Å². The number of nitrogens with zero attached hydrogens (tertiary/aromatic N) is 3. The lowest BCUT2D eigenvalue weighted by Gasteiger charge is -2.31. The van der Waals surface area contributed by atoms with E-state index in [1.807, 2.05) is 4.90 Å². The number of rotatable bonds is 2. The van der Waals surface area contributed by atoms with Gasteiger partial charge >= 0.3 is 5.97 Å². The van der Waals surface area contributed by atoms with E-state index in [1.54, 1.807) is 12.1 Å². The molecule has 0 radical (unpaired) electrons. The zero-order valence-electron chi connectivity index (χ0n) is 8.43. The molecule has 2 N–H and O–H groups in total. The standard InChI is InChI=1S/C9H11ClN4O2/c10-7-1-2-8(13-12-7)14-4-3-11-6(5-14)9(15)16/h1-2,6,11H,3-5H2,(H,15,16). The normalized spacial score (nSPS) is 20.8. The molecule has 0 bridgehead atoms. The summed E-state index contributed by atoms with van der Waals surface area (Å²) >= 11 is 5.63. The highest BCUT2D eigenvalue weighted by molar-refractivity contribution is 6.29. The van der Waals surface area contributed by atoms with Gasteiger partial charge in [0.1, 0.15) is 6.04 Å². The molecule has 2 rings (SSSR count). The predicted molar refractivity (Wildman–Crippen MR) is 58.7 cm³/mol. The van der Waals surface area contributed by atoms with Crippen LogP contribution >= 0.6 is 11.6 Å². The number of nitrogens with one attached hydrogen (secondary N) is 1. The van der Waals surface area contributed by atoms with Crippen LogP contribution in [-0.2, 0) is 4.79 Å². The first-order chi connectivity index (χ1) is 7.66. The monoisotopic (exact) mass is 242 g/mol. The van der Waals surface area contributed by atoms with Crippen molar-refractivity contribution in [2.75, 3.05) is 24.5 Å². The fourth-order valence-corrected chi connectivity index (χ4v) is 1.70. The van der Waals surface area contributed by atoms with Crippen LogP contribution in [0.4, 0.5) is 5.82 Å². The molecule has 1 aromatic heterocycles. The average Bonchev–Trinajstić information content (AvgIpc) is 2.30. The molecular formula is C9H11ClN4O2. The van der Waals surface area contributed by atoms with Crippen molar-refractivity contribution in [2.45, 2.75) is 6.04 Å². The van der Waals surface area contributed by atoms with Crippen LogP contribution in [0.25, 0.3) is 0 Å². The van der Waals surface area contributed by atoms with Crippen molar-refractivity contribution >= 4 is 23.4 Å². The Hall–Kier alpha value is -1.40. The number of carboxylic acids is 1. The summed E-state index contributed by atoms with van der Waals surface area (Å²) in [5, 5.41) is 19.8. The Labute approximate surface area is 97.2 Å². The quantitative estimate of drug-likeness (QED) is 0.760. The molecule has 6 nitrogen and oxygen atoms in total. The van der Waals surface area contributed by atoms with Gasteiger partial charge in [-0.2, -0.15) is 0 Å². The number of aromatic nitrogens is 2. The minimum absolute atomic E-state index is 0.327. The van der Waals surface area contributed by atoms with Crippen molar-refractivity contribution in [3.8, 4) is 0 Å². The highest BCUT2D eigenvalue weighted by Gasteiger charge is 2.25. The van der Waals surface area contributed by atoms with Gasteiger partial charge in [-0.15, -0.1) is 10.2 Å². The zero-order chi connectivity index (χ0) is 11.5. The summed E-state index contributed by atoms with van der Waals surface area (Å²) in [6.45, 7) is 1.70. The minimum atomic E-state index is -0.855. The molecule has 86 valence electrons. The molecule has 0 aliphatic carbocycles. The first-order valence-corrected chi connectivity index (χ1v) is 5.25. The van der Waals surface area contributed by atoms with Gasteiger partial charge in [-0.3, -0.25) is 4.79 Å². The van der Waals surface area contributed by atoms with E-state index in [0.29, 0.717) is 30.6 Å². The van der Waals surface area contributed by atoms with E-state index in [4.69, 9.17) is 16.7 Å². The van der Waals surface area contributed by atoms with E-state index in [0.717, 1.165) is 0 Å². The number of piperazine rings is 1. The lowest BCUT2D eigenvalue weighted by Crippen LogP contribution is -2.54. The molecule has 0 spiro atoms. The number of halogens is 1. The fourth-order valence-electron chi connectivity index (χ4n) is 1.60. The molecule has 1 aliphatic heterocycles. The number of hydrogen-bond donors (Lipinski definition) is 2. The summed E-state index contributed by atoms with van der Waals surface area (Å²) in [5.74, 6) is -0.205. The first-order valence-electron chi connectivity index (χ1n) is 4.87. The molecule has 0 saturated carbocycles. The molecular weight excluding hydrogens is 232 g/mol. The highest BCUT2D eigenvalue weighted by atomic mass is 35.5. The first kappa shape index (κ1) is 11.1. The van der Waals surface area contributed by atoms with Crippen LogP contribution in [0.3, 0.4) is 0 Å². The van der Waals surface area contributed by atoms with Gasteiger partial charge in [0, 0.05) is 19.6 Å². The molecule has 0 aromatic carbocycles. The van der Waals surface area contributed by atoms with Crippen LogP contribution in [0.15, 0.2) is 12.1 Å². The number of carboxylic acid groups (broad SMARTS) is 1. The second-order valence-electron chi connectivity index (χ2n) is 3.51. The lowest BCUT2D eigenvalue weighted by molar-refractivity contribution is -0.139. The summed E-state index contributed by atoms with van der Waals surface area (Å²) in [6.07, 6.45) is 0. The van der Waals surface area contributed by atoms with E-state index < -0.39 is 12.0 Å². The Morgan fingerprint density at radius 1 is 1.56 bits per heavy atom. The van der Waals surface area contributed by atoms with Gasteiger partial charge in [-0.05, 0) is 12.1 Å². The van der Waals surface area contributed by atoms with E-state index in [1.165, 1.54) is 0 Å². The summed E-state index contributed by atoms with van der Waals surface area (Å²) in [4.78, 5) is 12.7. The van der Waals surface area contributed by atoms with Gasteiger partial charge < -0.3 is 15.3 Å². The van der Waals surface area contributed by atoms with Gasteiger partial charge in [-0.25, -0.2) is 0 Å². The third-order valence-electron chi connectivity index (χ3n) is 2.42. The smallest absolute Gasteiger partial charge is 0.322 e. The van der Waals surface area contributed by atoms with Gasteiger partial charge in [0.25, 0.3) is 0 Å². The predicted octanol–water partition coefficient (Wildman–Crippen LogP) is -0.00720. The molecule has 16 heavy (non-hydrogen) atoms. The van der Waals surface area contributed by atoms with Crippen LogP contribution in [0.5, 0.6) is 0 Å². The summed E-state index contributed by atoms with van der Waals surface area (Å²) < 4.78 is 0. The highest BCUT2D eigenvalue weighted by Crippen LogP contribution is 2.13. The van der Waals surface area contributed by atoms with Crippen LogP contribution in [-0.4, -0.2) is 46.9 Å². The van der Waals surface area contributed by atoms with Crippen molar-refractivity contribution < 1.29 is 9.90 Å². The summed E-state index contributed by atoms with van der Waals surface area (Å²) in [7, 11) is 0. The van der Waals surface area contributed by atoms with Crippen molar-refractivity contribution in [1.82, 2.24) is 15.5 Å². The molecule has 1 fully saturated rings. The summed E-state index contributed by atoms with van der Waals surface area (Å²) in [5.41, 5.74) is 0. The molecule has 1 atom stereocenters. The van der Waals surface area contributed by atoms with Crippen molar-refractivity contribution in [3.05, 3.63) is 17.3 Å². The van der Waals surface area contributed by atoms with Gasteiger partial charge in [0.05, 0.1) is 0 Å². The Morgan fingerprint density at radius 2 is 2.38 bits per heavy atom.